The van der Waals surface area contributed by atoms with Crippen molar-refractivity contribution in [2.24, 2.45) is 5.41 Å². The first-order valence-corrected chi connectivity index (χ1v) is 8.30. The SMILES string of the molecule is Cc1cccc([C@H](n2nnc3ccccc32)[C@@]2(C(C)(C)C)CO2)n1. The number of rotatable bonds is 3. The topological polar surface area (TPSA) is 56.1 Å². The van der Waals surface area contributed by atoms with E-state index < -0.39 is 0 Å². The minimum atomic E-state index is -0.329. The number of hydrogen-bond donors (Lipinski definition) is 0. The van der Waals surface area contributed by atoms with E-state index in [-0.39, 0.29) is 17.1 Å². The van der Waals surface area contributed by atoms with Crippen molar-refractivity contribution in [1.82, 2.24) is 20.0 Å². The predicted molar refractivity (Wildman–Crippen MR) is 92.8 cm³/mol. The van der Waals surface area contributed by atoms with Crippen molar-refractivity contribution in [2.75, 3.05) is 6.61 Å². The van der Waals surface area contributed by atoms with E-state index in [1.54, 1.807) is 0 Å². The van der Waals surface area contributed by atoms with Gasteiger partial charge in [-0.2, -0.15) is 0 Å². The fourth-order valence-electron chi connectivity index (χ4n) is 3.43. The quantitative estimate of drug-likeness (QED) is 0.692. The average molecular weight is 322 g/mol. The van der Waals surface area contributed by atoms with Crippen molar-refractivity contribution in [2.45, 2.75) is 39.3 Å². The van der Waals surface area contributed by atoms with E-state index in [9.17, 15) is 0 Å². The molecule has 4 rings (SSSR count). The number of nitrogens with zero attached hydrogens (tertiary/aromatic N) is 4. The summed E-state index contributed by atoms with van der Waals surface area (Å²) < 4.78 is 8.04. The highest BCUT2D eigenvalue weighted by atomic mass is 16.6. The van der Waals surface area contributed by atoms with Crippen molar-refractivity contribution >= 4 is 11.0 Å². The predicted octanol–water partition coefficient (Wildman–Crippen LogP) is 3.54. The van der Waals surface area contributed by atoms with Gasteiger partial charge in [0.2, 0.25) is 0 Å². The van der Waals surface area contributed by atoms with Crippen LogP contribution in [0.5, 0.6) is 0 Å². The van der Waals surface area contributed by atoms with Crippen LogP contribution in [0, 0.1) is 12.3 Å². The van der Waals surface area contributed by atoms with Gasteiger partial charge < -0.3 is 4.74 Å². The Morgan fingerprint density at radius 2 is 1.88 bits per heavy atom. The zero-order valence-electron chi connectivity index (χ0n) is 14.5. The summed E-state index contributed by atoms with van der Waals surface area (Å²) in [6, 6.07) is 14.0. The highest BCUT2D eigenvalue weighted by Crippen LogP contribution is 2.53. The molecule has 1 aliphatic heterocycles. The van der Waals surface area contributed by atoms with E-state index in [1.807, 2.05) is 41.9 Å². The normalized spacial score (nSPS) is 21.8. The summed E-state index contributed by atoms with van der Waals surface area (Å²) in [4.78, 5) is 4.79. The van der Waals surface area contributed by atoms with Gasteiger partial charge in [0, 0.05) is 5.69 Å². The molecule has 0 N–H and O–H groups in total. The van der Waals surface area contributed by atoms with Crippen LogP contribution in [-0.4, -0.2) is 32.2 Å². The van der Waals surface area contributed by atoms with Crippen LogP contribution in [0.3, 0.4) is 0 Å². The lowest BCUT2D eigenvalue weighted by Gasteiger charge is -2.34. The first-order valence-electron chi connectivity index (χ1n) is 8.30. The van der Waals surface area contributed by atoms with Crippen molar-refractivity contribution in [3.63, 3.8) is 0 Å². The van der Waals surface area contributed by atoms with Gasteiger partial charge in [0.1, 0.15) is 17.2 Å². The molecule has 0 saturated carbocycles. The molecule has 0 unspecified atom stereocenters. The zero-order chi connectivity index (χ0) is 16.9. The van der Waals surface area contributed by atoms with Crippen LogP contribution >= 0.6 is 0 Å². The molecule has 1 fully saturated rings. The van der Waals surface area contributed by atoms with Gasteiger partial charge in [0.15, 0.2) is 0 Å². The van der Waals surface area contributed by atoms with Crippen molar-refractivity contribution < 1.29 is 4.74 Å². The summed E-state index contributed by atoms with van der Waals surface area (Å²) in [5, 5.41) is 8.81. The Kier molecular flexibility index (Phi) is 3.25. The van der Waals surface area contributed by atoms with Crippen molar-refractivity contribution in [1.29, 1.82) is 0 Å². The fraction of sp³-hybridized carbons (Fsp3) is 0.421. The molecule has 5 nitrogen and oxygen atoms in total. The minimum absolute atomic E-state index is 0.0455. The number of para-hydroxylation sites is 1. The molecule has 3 heterocycles. The van der Waals surface area contributed by atoms with Crippen LogP contribution in [0.4, 0.5) is 0 Å². The van der Waals surface area contributed by atoms with Gasteiger partial charge in [-0.05, 0) is 36.6 Å². The Balaban J connectivity index is 1.95. The van der Waals surface area contributed by atoms with Crippen LogP contribution < -0.4 is 0 Å². The average Bonchev–Trinajstić information content (AvgIpc) is 3.24. The van der Waals surface area contributed by atoms with Gasteiger partial charge in [-0.1, -0.05) is 44.2 Å². The van der Waals surface area contributed by atoms with Gasteiger partial charge in [-0.15, -0.1) is 5.10 Å². The molecular weight excluding hydrogens is 300 g/mol. The van der Waals surface area contributed by atoms with Crippen LogP contribution in [0.2, 0.25) is 0 Å². The van der Waals surface area contributed by atoms with Gasteiger partial charge in [0.05, 0.1) is 17.8 Å². The Labute approximate surface area is 141 Å². The van der Waals surface area contributed by atoms with Crippen LogP contribution in [0.15, 0.2) is 42.5 Å². The molecule has 124 valence electrons. The summed E-state index contributed by atoms with van der Waals surface area (Å²) in [6.45, 7) is 9.34. The molecule has 2 atom stereocenters. The highest BCUT2D eigenvalue weighted by molar-refractivity contribution is 5.74. The monoisotopic (exact) mass is 322 g/mol. The molecule has 24 heavy (non-hydrogen) atoms. The Morgan fingerprint density at radius 3 is 2.54 bits per heavy atom. The highest BCUT2D eigenvalue weighted by Gasteiger charge is 2.62. The molecule has 1 aliphatic rings. The van der Waals surface area contributed by atoms with Crippen molar-refractivity contribution in [3.8, 4) is 0 Å². The van der Waals surface area contributed by atoms with Crippen LogP contribution in [0.25, 0.3) is 11.0 Å². The van der Waals surface area contributed by atoms with Gasteiger partial charge >= 0.3 is 0 Å². The minimum Gasteiger partial charge on any atom is -0.366 e. The Bertz CT molecular complexity index is 890. The second-order valence-electron chi connectivity index (χ2n) is 7.56. The number of benzene rings is 1. The van der Waals surface area contributed by atoms with Crippen LogP contribution in [-0.2, 0) is 4.74 Å². The van der Waals surface area contributed by atoms with E-state index >= 15 is 0 Å². The number of hydrogen-bond acceptors (Lipinski definition) is 4. The molecule has 2 aromatic heterocycles. The van der Waals surface area contributed by atoms with Crippen LogP contribution in [0.1, 0.15) is 38.2 Å². The molecule has 1 aromatic carbocycles. The lowest BCUT2D eigenvalue weighted by Crippen LogP contribution is -2.41. The fourth-order valence-corrected chi connectivity index (χ4v) is 3.43. The maximum absolute atomic E-state index is 6.06. The molecule has 5 heteroatoms. The van der Waals surface area contributed by atoms with Crippen molar-refractivity contribution in [3.05, 3.63) is 53.9 Å². The van der Waals surface area contributed by atoms with E-state index in [0.29, 0.717) is 6.61 Å². The molecule has 0 bridgehead atoms. The van der Waals surface area contributed by atoms with Gasteiger partial charge in [-0.25, -0.2) is 4.68 Å². The molecular formula is C19H22N4O. The third-order valence-corrected chi connectivity index (χ3v) is 4.98. The lowest BCUT2D eigenvalue weighted by molar-refractivity contribution is 0.106. The molecule has 0 aliphatic carbocycles. The number of pyridine rings is 1. The summed E-state index contributed by atoms with van der Waals surface area (Å²) >= 11 is 0. The number of ether oxygens (including phenoxy) is 1. The van der Waals surface area contributed by atoms with E-state index in [4.69, 9.17) is 9.72 Å². The largest absolute Gasteiger partial charge is 0.366 e. The second-order valence-corrected chi connectivity index (χ2v) is 7.56. The summed E-state index contributed by atoms with van der Waals surface area (Å²) in [5.41, 5.74) is 3.48. The Morgan fingerprint density at radius 1 is 1.12 bits per heavy atom. The molecule has 0 radical (unpaired) electrons. The number of fused-ring (bicyclic) bond motifs is 1. The molecule has 1 saturated heterocycles. The molecule has 3 aromatic rings. The Hall–Kier alpha value is -2.27. The smallest absolute Gasteiger partial charge is 0.128 e. The maximum Gasteiger partial charge on any atom is 0.128 e. The first kappa shape index (κ1) is 15.3. The van der Waals surface area contributed by atoms with E-state index in [1.165, 1.54) is 0 Å². The second kappa shape index (κ2) is 5.11. The van der Waals surface area contributed by atoms with E-state index in [0.717, 1.165) is 22.4 Å². The third kappa shape index (κ3) is 2.23. The lowest BCUT2D eigenvalue weighted by atomic mass is 9.75. The number of aryl methyl sites for hydroxylation is 1. The maximum atomic E-state index is 6.06. The molecule has 0 spiro atoms. The number of aromatic nitrogens is 4. The third-order valence-electron chi connectivity index (χ3n) is 4.98. The summed E-state index contributed by atoms with van der Waals surface area (Å²) in [6.07, 6.45) is 0. The van der Waals surface area contributed by atoms with Gasteiger partial charge in [0.25, 0.3) is 0 Å². The first-order chi connectivity index (χ1) is 11.4. The van der Waals surface area contributed by atoms with E-state index in [2.05, 4.69) is 43.2 Å². The standard InChI is InChI=1S/C19H22N4O/c1-13-8-7-10-15(20-13)17(19(12-24-19)18(2,3)4)23-16-11-6-5-9-14(16)21-22-23/h5-11,17H,12H2,1-4H3/t17-,19+/m0/s1. The molecule has 0 amide bonds. The van der Waals surface area contributed by atoms with Gasteiger partial charge in [-0.3, -0.25) is 4.98 Å². The zero-order valence-corrected chi connectivity index (χ0v) is 14.5. The summed E-state index contributed by atoms with van der Waals surface area (Å²) in [5.74, 6) is 0. The number of epoxide rings is 1. The summed E-state index contributed by atoms with van der Waals surface area (Å²) in [7, 11) is 0.